The lowest BCUT2D eigenvalue weighted by Gasteiger charge is -2.82. The van der Waals surface area contributed by atoms with Crippen LogP contribution in [0.4, 0.5) is 0 Å². The summed E-state index contributed by atoms with van der Waals surface area (Å²) in [6, 6.07) is 0. The van der Waals surface area contributed by atoms with Crippen molar-refractivity contribution in [1.82, 2.24) is 10.2 Å². The van der Waals surface area contributed by atoms with E-state index in [4.69, 9.17) is 0 Å². The SMILES string of the molecule is CC1CC=C(C2=CCC3(C)[C@@]4(C)CCC5(C)[C@@](C)(CCC6(NCCN7CCS(=O)CC7)CCC[C@@]65C)C4(C)CC[C@@]3(C)C2(C)C)C1. The van der Waals surface area contributed by atoms with Crippen molar-refractivity contribution < 1.29 is 4.21 Å². The molecule has 5 unspecified atom stereocenters. The first kappa shape index (κ1) is 34.0. The van der Waals surface area contributed by atoms with Crippen LogP contribution in [0.2, 0.25) is 0 Å². The van der Waals surface area contributed by atoms with Gasteiger partial charge in [0.25, 0.3) is 0 Å². The topological polar surface area (TPSA) is 32.3 Å². The molecule has 4 saturated carbocycles. The summed E-state index contributed by atoms with van der Waals surface area (Å²) in [5.41, 5.74) is 5.95. The van der Waals surface area contributed by atoms with Crippen molar-refractivity contribution in [1.29, 1.82) is 0 Å². The van der Waals surface area contributed by atoms with Gasteiger partial charge in [-0.2, -0.15) is 0 Å². The zero-order valence-electron chi connectivity index (χ0n) is 31.7. The second-order valence-corrected chi connectivity index (χ2v) is 21.8. The molecule has 46 heavy (non-hydrogen) atoms. The maximum Gasteiger partial charge on any atom is 0.0363 e. The van der Waals surface area contributed by atoms with Crippen molar-refractivity contribution >= 4 is 10.8 Å². The lowest BCUT2D eigenvalue weighted by molar-refractivity contribution is -0.328. The molecule has 0 spiro atoms. The molecule has 0 radical (unpaired) electrons. The van der Waals surface area contributed by atoms with Crippen LogP contribution >= 0.6 is 0 Å². The average molecular weight is 651 g/mol. The van der Waals surface area contributed by atoms with E-state index in [0.717, 1.165) is 43.6 Å². The van der Waals surface area contributed by atoms with E-state index in [9.17, 15) is 4.21 Å². The molecule has 0 amide bonds. The van der Waals surface area contributed by atoms with E-state index < -0.39 is 10.8 Å². The van der Waals surface area contributed by atoms with Gasteiger partial charge >= 0.3 is 0 Å². The van der Waals surface area contributed by atoms with Gasteiger partial charge in [-0.3, -0.25) is 4.21 Å². The Labute approximate surface area is 286 Å². The van der Waals surface area contributed by atoms with Crippen molar-refractivity contribution in [2.75, 3.05) is 37.7 Å². The van der Waals surface area contributed by atoms with Crippen LogP contribution in [0.15, 0.2) is 23.3 Å². The number of hydrogen-bond acceptors (Lipinski definition) is 3. The van der Waals surface area contributed by atoms with Gasteiger partial charge in [-0.25, -0.2) is 0 Å². The molecule has 7 rings (SSSR count). The van der Waals surface area contributed by atoms with Crippen LogP contribution in [0.25, 0.3) is 0 Å². The summed E-state index contributed by atoms with van der Waals surface area (Å²) in [4.78, 5) is 2.56. The molecule has 4 heteroatoms. The fourth-order valence-corrected chi connectivity index (χ4v) is 16.3. The number of hydrogen-bond donors (Lipinski definition) is 1. The minimum Gasteiger partial charge on any atom is -0.309 e. The molecule has 260 valence electrons. The third-order valence-electron chi connectivity index (χ3n) is 19.6. The molecule has 9 atom stereocenters. The smallest absolute Gasteiger partial charge is 0.0363 e. The van der Waals surface area contributed by atoms with Crippen LogP contribution in [0.5, 0.6) is 0 Å². The van der Waals surface area contributed by atoms with Crippen molar-refractivity contribution in [2.24, 2.45) is 49.2 Å². The lowest BCUT2D eigenvalue weighted by atomic mass is 9.22. The van der Waals surface area contributed by atoms with Crippen LogP contribution in [-0.4, -0.2) is 52.3 Å². The van der Waals surface area contributed by atoms with Gasteiger partial charge in [0.2, 0.25) is 0 Å². The Morgan fingerprint density at radius 1 is 0.717 bits per heavy atom. The zero-order chi connectivity index (χ0) is 33.2. The van der Waals surface area contributed by atoms with E-state index in [1.54, 1.807) is 11.1 Å². The van der Waals surface area contributed by atoms with E-state index >= 15 is 0 Å². The fraction of sp³-hybridized carbons (Fsp3) is 0.905. The molecule has 0 aromatic carbocycles. The summed E-state index contributed by atoms with van der Waals surface area (Å²) in [7, 11) is -0.594. The number of allylic oxidation sites excluding steroid dienone is 4. The highest BCUT2D eigenvalue weighted by Crippen LogP contribution is 2.87. The molecule has 0 bridgehead atoms. The van der Waals surface area contributed by atoms with E-state index in [1.807, 2.05) is 0 Å². The van der Waals surface area contributed by atoms with Crippen molar-refractivity contribution in [3.8, 4) is 0 Å². The van der Waals surface area contributed by atoms with Crippen molar-refractivity contribution in [3.05, 3.63) is 23.3 Å². The van der Waals surface area contributed by atoms with Gasteiger partial charge in [-0.05, 0) is 131 Å². The number of fused-ring (bicyclic) bond motifs is 7. The van der Waals surface area contributed by atoms with Crippen LogP contribution < -0.4 is 5.32 Å². The molecule has 0 aromatic heterocycles. The van der Waals surface area contributed by atoms with Gasteiger partial charge < -0.3 is 10.2 Å². The highest BCUT2D eigenvalue weighted by molar-refractivity contribution is 7.85. The highest BCUT2D eigenvalue weighted by atomic mass is 32.2. The summed E-state index contributed by atoms with van der Waals surface area (Å²) < 4.78 is 12.0. The third-order valence-corrected chi connectivity index (χ3v) is 20.8. The molecule has 6 aliphatic carbocycles. The molecule has 5 fully saturated rings. The molecule has 1 N–H and O–H groups in total. The summed E-state index contributed by atoms with van der Waals surface area (Å²) >= 11 is 0. The second-order valence-electron chi connectivity index (χ2n) is 20.1. The Morgan fingerprint density at radius 3 is 1.89 bits per heavy atom. The van der Waals surface area contributed by atoms with E-state index in [1.165, 1.54) is 77.0 Å². The van der Waals surface area contributed by atoms with Crippen molar-refractivity contribution in [2.45, 2.75) is 152 Å². The van der Waals surface area contributed by atoms with Gasteiger partial charge in [-0.1, -0.05) is 87.8 Å². The third kappa shape index (κ3) is 3.88. The molecule has 1 aliphatic heterocycles. The molecule has 0 aromatic rings. The maximum absolute atomic E-state index is 12.0. The quantitative estimate of drug-likeness (QED) is 0.322. The number of nitrogens with one attached hydrogen (secondary N) is 1. The van der Waals surface area contributed by atoms with E-state index in [0.29, 0.717) is 27.1 Å². The Morgan fingerprint density at radius 2 is 1.28 bits per heavy atom. The van der Waals surface area contributed by atoms with E-state index in [-0.39, 0.29) is 21.8 Å². The van der Waals surface area contributed by atoms with Crippen LogP contribution in [0.1, 0.15) is 146 Å². The van der Waals surface area contributed by atoms with Gasteiger partial charge in [0.1, 0.15) is 0 Å². The standard InChI is InChI=1S/C42H70N2OS/c1-31-12-13-32(30-31)33-14-17-36(5)35(4,34(33,2)3)18-19-38(7)37(36,6)20-21-40(9)39(38,8)22-23-42(16-11-15-41(40,42)10)43-24-25-44-26-28-46(45)29-27-44/h13-14,31,43H,11-12,15-30H2,1-10H3/t31?,35-,36?,37+,38?,39-,40?,41+,42?/m0/s1. The Hall–Kier alpha value is -0.450. The zero-order valence-corrected chi connectivity index (χ0v) is 32.5. The maximum atomic E-state index is 12.0. The first-order valence-electron chi connectivity index (χ1n) is 19.6. The Bertz CT molecular complexity index is 1340. The molecule has 1 saturated heterocycles. The predicted molar refractivity (Wildman–Crippen MR) is 196 cm³/mol. The summed E-state index contributed by atoms with van der Waals surface area (Å²) in [6.45, 7) is 31.5. The second kappa shape index (κ2) is 10.5. The van der Waals surface area contributed by atoms with Crippen LogP contribution in [0, 0.1) is 49.2 Å². The normalized spacial score (nSPS) is 52.3. The van der Waals surface area contributed by atoms with Gasteiger partial charge in [0.05, 0.1) is 0 Å². The van der Waals surface area contributed by atoms with E-state index in [2.05, 4.69) is 91.6 Å². The molecule has 7 aliphatic rings. The Balaban J connectivity index is 1.21. The summed E-state index contributed by atoms with van der Waals surface area (Å²) in [5.74, 6) is 2.53. The summed E-state index contributed by atoms with van der Waals surface area (Å²) in [6.07, 6.45) is 21.4. The van der Waals surface area contributed by atoms with Crippen LogP contribution in [-0.2, 0) is 10.8 Å². The van der Waals surface area contributed by atoms with Crippen molar-refractivity contribution in [3.63, 3.8) is 0 Å². The molecular formula is C42H70N2OS. The average Bonchev–Trinajstić information content (AvgIpc) is 3.59. The Kier molecular flexibility index (Phi) is 7.79. The highest BCUT2D eigenvalue weighted by Gasteiger charge is 2.80. The first-order chi connectivity index (χ1) is 21.4. The summed E-state index contributed by atoms with van der Waals surface area (Å²) in [5, 5.41) is 4.34. The lowest BCUT2D eigenvalue weighted by Crippen LogP contribution is -2.77. The molecule has 1 heterocycles. The van der Waals surface area contributed by atoms with Gasteiger partial charge in [0.15, 0.2) is 0 Å². The number of nitrogens with zero attached hydrogens (tertiary/aromatic N) is 1. The largest absolute Gasteiger partial charge is 0.309 e. The van der Waals surface area contributed by atoms with Gasteiger partial charge in [-0.15, -0.1) is 0 Å². The first-order valence-corrected chi connectivity index (χ1v) is 21.1. The monoisotopic (exact) mass is 651 g/mol. The predicted octanol–water partition coefficient (Wildman–Crippen LogP) is 9.70. The fourth-order valence-electron chi connectivity index (χ4n) is 15.1. The molecular weight excluding hydrogens is 581 g/mol. The van der Waals surface area contributed by atoms with Gasteiger partial charge in [0, 0.05) is 54.0 Å². The van der Waals surface area contributed by atoms with Crippen LogP contribution in [0.3, 0.4) is 0 Å². The minimum atomic E-state index is -0.594. The minimum absolute atomic E-state index is 0.189. The number of rotatable bonds is 5. The molecule has 3 nitrogen and oxygen atoms in total.